The van der Waals surface area contributed by atoms with Gasteiger partial charge in [-0.2, -0.15) is 10.1 Å². The predicted octanol–water partition coefficient (Wildman–Crippen LogP) is 2.56. The number of benzene rings is 1. The summed E-state index contributed by atoms with van der Waals surface area (Å²) in [6, 6.07) is 7.36. The summed E-state index contributed by atoms with van der Waals surface area (Å²) < 4.78 is 1.62. The third-order valence-electron chi connectivity index (χ3n) is 4.53. The van der Waals surface area contributed by atoms with Gasteiger partial charge in [-0.15, -0.1) is 11.3 Å². The van der Waals surface area contributed by atoms with Gasteiger partial charge in [-0.25, -0.2) is 4.52 Å². The van der Waals surface area contributed by atoms with E-state index in [2.05, 4.69) is 10.1 Å². The molecule has 4 rings (SSSR count). The quantitative estimate of drug-likeness (QED) is 0.688. The summed E-state index contributed by atoms with van der Waals surface area (Å²) >= 11 is 7.51. The summed E-state index contributed by atoms with van der Waals surface area (Å²) in [6.07, 6.45) is 2.70. The average Bonchev–Trinajstić information content (AvgIpc) is 3.28. The highest BCUT2D eigenvalue weighted by Crippen LogP contribution is 2.19. The lowest BCUT2D eigenvalue weighted by Gasteiger charge is -2.14. The van der Waals surface area contributed by atoms with Gasteiger partial charge in [-0.1, -0.05) is 29.8 Å². The highest BCUT2D eigenvalue weighted by molar-refractivity contribution is 7.15. The van der Waals surface area contributed by atoms with Gasteiger partial charge in [0.2, 0.25) is 10.9 Å². The van der Waals surface area contributed by atoms with Crippen molar-refractivity contribution >= 4 is 33.8 Å². The van der Waals surface area contributed by atoms with Gasteiger partial charge in [-0.3, -0.25) is 9.59 Å². The normalized spacial score (nSPS) is 14.3. The number of thiazole rings is 1. The number of hydrogen-bond acceptors (Lipinski definition) is 5. The summed E-state index contributed by atoms with van der Waals surface area (Å²) in [4.78, 5) is 31.2. The van der Waals surface area contributed by atoms with Crippen molar-refractivity contribution in [1.82, 2.24) is 19.5 Å². The highest BCUT2D eigenvalue weighted by Gasteiger charge is 2.20. The van der Waals surface area contributed by atoms with Crippen LogP contribution in [0.2, 0.25) is 5.02 Å². The third-order valence-corrected chi connectivity index (χ3v) is 5.76. The highest BCUT2D eigenvalue weighted by atomic mass is 35.5. The van der Waals surface area contributed by atoms with Crippen LogP contribution in [0.25, 0.3) is 4.96 Å². The molecule has 0 radical (unpaired) electrons. The number of fused-ring (bicyclic) bond motifs is 1. The lowest BCUT2D eigenvalue weighted by molar-refractivity contribution is -0.129. The van der Waals surface area contributed by atoms with E-state index in [4.69, 9.17) is 11.6 Å². The fourth-order valence-corrected chi connectivity index (χ4v) is 4.14. The summed E-state index contributed by atoms with van der Waals surface area (Å²) in [5.74, 6) is 0.0929. The van der Waals surface area contributed by atoms with Gasteiger partial charge in [0.25, 0.3) is 5.56 Å². The van der Waals surface area contributed by atoms with Crippen LogP contribution in [-0.2, 0) is 17.6 Å². The smallest absolute Gasteiger partial charge is 0.296 e. The molecule has 26 heavy (non-hydrogen) atoms. The molecule has 2 aromatic heterocycles. The average molecular weight is 389 g/mol. The van der Waals surface area contributed by atoms with E-state index < -0.39 is 0 Å². The van der Waals surface area contributed by atoms with E-state index in [1.54, 1.807) is 10.6 Å². The van der Waals surface area contributed by atoms with Crippen LogP contribution in [0, 0.1) is 0 Å². The van der Waals surface area contributed by atoms with Crippen LogP contribution in [0.4, 0.5) is 0 Å². The standard InChI is InChI=1S/C18H17ClN4O2S/c19-14-6-2-1-5-12(14)9-15-17(25)20-18-23(21-15)13(11-26-18)10-16(24)22-7-3-4-8-22/h1-2,5-6,11H,3-4,7-10H2. The molecule has 1 saturated heterocycles. The van der Waals surface area contributed by atoms with E-state index in [1.165, 1.54) is 11.3 Å². The lowest BCUT2D eigenvalue weighted by Crippen LogP contribution is -2.29. The Morgan fingerprint density at radius 2 is 2.00 bits per heavy atom. The van der Waals surface area contributed by atoms with E-state index >= 15 is 0 Å². The second-order valence-electron chi connectivity index (χ2n) is 6.32. The van der Waals surface area contributed by atoms with E-state index in [1.807, 2.05) is 28.5 Å². The van der Waals surface area contributed by atoms with Gasteiger partial charge in [0.1, 0.15) is 5.69 Å². The number of halogens is 1. The van der Waals surface area contributed by atoms with Crippen LogP contribution in [0.1, 0.15) is 29.8 Å². The molecule has 0 unspecified atom stereocenters. The van der Waals surface area contributed by atoms with Crippen molar-refractivity contribution in [1.29, 1.82) is 0 Å². The first-order chi connectivity index (χ1) is 12.6. The number of nitrogens with zero attached hydrogens (tertiary/aromatic N) is 4. The number of aromatic nitrogens is 3. The Morgan fingerprint density at radius 3 is 2.77 bits per heavy atom. The number of rotatable bonds is 4. The number of carbonyl (C=O) groups is 1. The SMILES string of the molecule is O=C(Cc1csc2nc(=O)c(Cc3ccccc3Cl)nn12)N1CCCC1. The molecule has 6 nitrogen and oxygen atoms in total. The second-order valence-corrected chi connectivity index (χ2v) is 7.56. The van der Waals surface area contributed by atoms with Gasteiger partial charge >= 0.3 is 0 Å². The van der Waals surface area contributed by atoms with Crippen molar-refractivity contribution in [3.8, 4) is 0 Å². The minimum Gasteiger partial charge on any atom is -0.342 e. The van der Waals surface area contributed by atoms with Crippen LogP contribution in [-0.4, -0.2) is 38.5 Å². The Bertz CT molecular complexity index is 1020. The van der Waals surface area contributed by atoms with Crippen LogP contribution < -0.4 is 5.56 Å². The molecule has 3 aromatic rings. The molecule has 1 aliphatic rings. The minimum atomic E-state index is -0.357. The van der Waals surface area contributed by atoms with Gasteiger partial charge in [0.15, 0.2) is 0 Å². The Hall–Kier alpha value is -2.25. The molecule has 3 heterocycles. The minimum absolute atomic E-state index is 0.0929. The maximum absolute atomic E-state index is 12.4. The van der Waals surface area contributed by atoms with Crippen molar-refractivity contribution in [3.05, 3.63) is 62.0 Å². The molecular weight excluding hydrogens is 372 g/mol. The van der Waals surface area contributed by atoms with Crippen molar-refractivity contribution in [2.75, 3.05) is 13.1 Å². The molecule has 0 bridgehead atoms. The molecule has 1 fully saturated rings. The zero-order chi connectivity index (χ0) is 18.1. The molecule has 0 atom stereocenters. The molecule has 1 aliphatic heterocycles. The molecule has 1 amide bonds. The summed E-state index contributed by atoms with van der Waals surface area (Å²) in [7, 11) is 0. The van der Waals surface area contributed by atoms with Gasteiger partial charge in [0.05, 0.1) is 12.1 Å². The van der Waals surface area contributed by atoms with E-state index in [0.717, 1.165) is 37.2 Å². The maximum Gasteiger partial charge on any atom is 0.296 e. The zero-order valence-corrected chi connectivity index (χ0v) is 15.6. The lowest BCUT2D eigenvalue weighted by atomic mass is 10.1. The Kier molecular flexibility index (Phi) is 4.74. The maximum atomic E-state index is 12.4. The van der Waals surface area contributed by atoms with Crippen molar-refractivity contribution < 1.29 is 4.79 Å². The molecule has 0 aliphatic carbocycles. The molecule has 134 valence electrons. The number of likely N-dealkylation sites (tertiary alicyclic amines) is 1. The van der Waals surface area contributed by atoms with Crippen molar-refractivity contribution in [2.45, 2.75) is 25.7 Å². The fourth-order valence-electron chi connectivity index (χ4n) is 3.12. The Morgan fingerprint density at radius 1 is 1.23 bits per heavy atom. The summed E-state index contributed by atoms with van der Waals surface area (Å²) in [6.45, 7) is 1.64. The van der Waals surface area contributed by atoms with Crippen LogP contribution in [0.3, 0.4) is 0 Å². The van der Waals surface area contributed by atoms with Crippen LogP contribution in [0.5, 0.6) is 0 Å². The number of carbonyl (C=O) groups excluding carboxylic acids is 1. The summed E-state index contributed by atoms with van der Waals surface area (Å²) in [5, 5.41) is 6.91. The summed E-state index contributed by atoms with van der Waals surface area (Å²) in [5.41, 5.74) is 1.55. The van der Waals surface area contributed by atoms with Crippen molar-refractivity contribution in [2.24, 2.45) is 0 Å². The zero-order valence-electron chi connectivity index (χ0n) is 14.0. The first-order valence-electron chi connectivity index (χ1n) is 8.49. The van der Waals surface area contributed by atoms with Crippen LogP contribution >= 0.6 is 22.9 Å². The van der Waals surface area contributed by atoms with Gasteiger partial charge < -0.3 is 4.90 Å². The number of amides is 1. The largest absolute Gasteiger partial charge is 0.342 e. The molecule has 8 heteroatoms. The molecule has 0 N–H and O–H groups in total. The Balaban J connectivity index is 1.65. The van der Waals surface area contributed by atoms with E-state index in [9.17, 15) is 9.59 Å². The monoisotopic (exact) mass is 388 g/mol. The second kappa shape index (κ2) is 7.17. The fraction of sp³-hybridized carbons (Fsp3) is 0.333. The van der Waals surface area contributed by atoms with Gasteiger partial charge in [0, 0.05) is 29.9 Å². The van der Waals surface area contributed by atoms with Crippen molar-refractivity contribution in [3.63, 3.8) is 0 Å². The van der Waals surface area contributed by atoms with E-state index in [0.29, 0.717) is 22.1 Å². The van der Waals surface area contributed by atoms with Gasteiger partial charge in [-0.05, 0) is 24.5 Å². The van der Waals surface area contributed by atoms with Crippen LogP contribution in [0.15, 0.2) is 34.4 Å². The molecule has 0 saturated carbocycles. The molecule has 1 aromatic carbocycles. The predicted molar refractivity (Wildman–Crippen MR) is 101 cm³/mol. The third kappa shape index (κ3) is 3.37. The number of hydrogen-bond donors (Lipinski definition) is 0. The topological polar surface area (TPSA) is 67.6 Å². The first kappa shape index (κ1) is 17.2. The molecule has 0 spiro atoms. The first-order valence-corrected chi connectivity index (χ1v) is 9.75. The Labute approximate surface area is 159 Å². The molecular formula is C18H17ClN4O2S. The van der Waals surface area contributed by atoms with E-state index in [-0.39, 0.29) is 17.9 Å².